The molecule has 1 rings (SSSR count). The number of ether oxygens (including phenoxy) is 1. The van der Waals surface area contributed by atoms with Crippen LogP contribution < -0.4 is 9.16 Å². The smallest absolute Gasteiger partial charge is 0.242 e. The lowest BCUT2D eigenvalue weighted by Gasteiger charge is -2.21. The molecule has 0 unspecified atom stereocenters. The fraction of sp³-hybridized carbons (Fsp3) is 0.417. The van der Waals surface area contributed by atoms with Crippen molar-refractivity contribution in [1.82, 2.24) is 0 Å². The minimum absolute atomic E-state index is 0.0364. The van der Waals surface area contributed by atoms with Crippen LogP contribution in [0.2, 0.25) is 19.6 Å². The van der Waals surface area contributed by atoms with Gasteiger partial charge in [-0.3, -0.25) is 4.79 Å². The van der Waals surface area contributed by atoms with Crippen LogP contribution in [0.1, 0.15) is 17.3 Å². The molecule has 0 saturated heterocycles. The second-order valence-corrected chi connectivity index (χ2v) is 9.03. The van der Waals surface area contributed by atoms with E-state index >= 15 is 0 Å². The van der Waals surface area contributed by atoms with Crippen LogP contribution in [0.3, 0.4) is 0 Å². The summed E-state index contributed by atoms with van der Waals surface area (Å²) in [5, 5.41) is 0. The number of hydrogen-bond acceptors (Lipinski definition) is 3. The molecule has 0 heterocycles. The number of carbonyl (C=O) groups is 1. The molecule has 0 spiro atoms. The number of methoxy groups -OCH3 is 1. The first kappa shape index (κ1) is 12.8. The second kappa shape index (κ2) is 4.70. The number of carbonyl (C=O) groups excluding carboxylic acids is 1. The van der Waals surface area contributed by atoms with Crippen LogP contribution in [0.4, 0.5) is 0 Å². The lowest BCUT2D eigenvalue weighted by atomic mass is 10.1. The van der Waals surface area contributed by atoms with Gasteiger partial charge in [-0.05, 0) is 38.7 Å². The summed E-state index contributed by atoms with van der Waals surface area (Å²) in [6.45, 7) is 7.76. The normalized spacial score (nSPS) is 11.1. The molecule has 0 bridgehead atoms. The molecule has 1 aromatic carbocycles. The number of hydrogen-bond donors (Lipinski definition) is 0. The van der Waals surface area contributed by atoms with E-state index in [2.05, 4.69) is 19.6 Å². The predicted octanol–water partition coefficient (Wildman–Crippen LogP) is 3.11. The van der Waals surface area contributed by atoms with Gasteiger partial charge in [0.1, 0.15) is 11.5 Å². The minimum Gasteiger partial charge on any atom is -0.544 e. The molecule has 4 heteroatoms. The lowest BCUT2D eigenvalue weighted by Crippen LogP contribution is -2.30. The first-order valence-electron chi connectivity index (χ1n) is 5.22. The van der Waals surface area contributed by atoms with Gasteiger partial charge in [0.15, 0.2) is 5.78 Å². The number of Topliss-reactive ketones (excluding diaryl/α,β-unsaturated/α-hetero) is 1. The van der Waals surface area contributed by atoms with Crippen molar-refractivity contribution in [3.05, 3.63) is 23.8 Å². The van der Waals surface area contributed by atoms with Crippen LogP contribution in [0.15, 0.2) is 18.2 Å². The Morgan fingerprint density at radius 1 is 1.19 bits per heavy atom. The highest BCUT2D eigenvalue weighted by atomic mass is 28.4. The molecule has 3 nitrogen and oxygen atoms in total. The molecule has 0 atom stereocenters. The summed E-state index contributed by atoms with van der Waals surface area (Å²) >= 11 is 0. The molecular weight excluding hydrogens is 220 g/mol. The fourth-order valence-corrected chi connectivity index (χ4v) is 2.27. The largest absolute Gasteiger partial charge is 0.544 e. The topological polar surface area (TPSA) is 35.5 Å². The summed E-state index contributed by atoms with van der Waals surface area (Å²) in [4.78, 5) is 11.6. The molecule has 0 aromatic heterocycles. The lowest BCUT2D eigenvalue weighted by molar-refractivity contribution is 0.101. The van der Waals surface area contributed by atoms with Crippen molar-refractivity contribution in [2.75, 3.05) is 7.11 Å². The van der Waals surface area contributed by atoms with Crippen LogP contribution in [-0.2, 0) is 0 Å². The van der Waals surface area contributed by atoms with E-state index < -0.39 is 8.32 Å². The zero-order valence-electron chi connectivity index (χ0n) is 10.5. The van der Waals surface area contributed by atoms with Crippen LogP contribution in [0.5, 0.6) is 11.5 Å². The van der Waals surface area contributed by atoms with Gasteiger partial charge in [-0.2, -0.15) is 0 Å². The zero-order valence-corrected chi connectivity index (χ0v) is 11.5. The van der Waals surface area contributed by atoms with Crippen molar-refractivity contribution in [3.63, 3.8) is 0 Å². The molecule has 0 saturated carbocycles. The Hall–Kier alpha value is -1.29. The van der Waals surface area contributed by atoms with Gasteiger partial charge >= 0.3 is 0 Å². The van der Waals surface area contributed by atoms with E-state index in [0.717, 1.165) is 0 Å². The summed E-state index contributed by atoms with van der Waals surface area (Å²) in [6, 6.07) is 5.42. The molecule has 88 valence electrons. The monoisotopic (exact) mass is 238 g/mol. The molecule has 0 N–H and O–H groups in total. The highest BCUT2D eigenvalue weighted by Crippen LogP contribution is 2.30. The molecule has 0 fully saturated rings. The van der Waals surface area contributed by atoms with Gasteiger partial charge < -0.3 is 9.16 Å². The van der Waals surface area contributed by atoms with E-state index in [0.29, 0.717) is 17.1 Å². The van der Waals surface area contributed by atoms with Gasteiger partial charge in [-0.25, -0.2) is 0 Å². The van der Waals surface area contributed by atoms with Crippen molar-refractivity contribution >= 4 is 14.1 Å². The third-order valence-electron chi connectivity index (χ3n) is 1.98. The Morgan fingerprint density at radius 3 is 2.19 bits per heavy atom. The molecule has 1 aromatic rings. The Kier molecular flexibility index (Phi) is 3.75. The third-order valence-corrected chi connectivity index (χ3v) is 2.81. The maximum absolute atomic E-state index is 11.6. The summed E-state index contributed by atoms with van der Waals surface area (Å²) < 4.78 is 11.1. The van der Waals surface area contributed by atoms with E-state index in [1.165, 1.54) is 6.92 Å². The Balaban J connectivity index is 3.22. The number of ketones is 1. The standard InChI is InChI=1S/C12H18O3Si/c1-9(13)12-10(14-2)7-6-8-11(12)15-16(3,4)5/h6-8H,1-5H3. The average Bonchev–Trinajstić information content (AvgIpc) is 2.14. The van der Waals surface area contributed by atoms with Gasteiger partial charge in [0.05, 0.1) is 12.7 Å². The van der Waals surface area contributed by atoms with E-state index in [1.54, 1.807) is 13.2 Å². The quantitative estimate of drug-likeness (QED) is 0.597. The average molecular weight is 238 g/mol. The summed E-state index contributed by atoms with van der Waals surface area (Å²) in [5.74, 6) is 1.17. The van der Waals surface area contributed by atoms with E-state index in [9.17, 15) is 4.79 Å². The highest BCUT2D eigenvalue weighted by molar-refractivity contribution is 6.70. The molecule has 0 radical (unpaired) electrons. The van der Waals surface area contributed by atoms with Crippen molar-refractivity contribution < 1.29 is 14.0 Å². The molecular formula is C12H18O3Si. The fourth-order valence-electron chi connectivity index (χ4n) is 1.44. The van der Waals surface area contributed by atoms with Crippen LogP contribution in [0.25, 0.3) is 0 Å². The second-order valence-electron chi connectivity index (χ2n) is 4.60. The van der Waals surface area contributed by atoms with E-state index in [1.807, 2.05) is 12.1 Å². The van der Waals surface area contributed by atoms with Crippen LogP contribution in [-0.4, -0.2) is 21.2 Å². The maximum atomic E-state index is 11.6. The Morgan fingerprint density at radius 2 is 1.75 bits per heavy atom. The van der Waals surface area contributed by atoms with Crippen LogP contribution in [0, 0.1) is 0 Å². The van der Waals surface area contributed by atoms with Gasteiger partial charge in [-0.1, -0.05) is 6.07 Å². The summed E-state index contributed by atoms with van der Waals surface area (Å²) in [5.41, 5.74) is 0.535. The maximum Gasteiger partial charge on any atom is 0.242 e. The van der Waals surface area contributed by atoms with Gasteiger partial charge in [-0.15, -0.1) is 0 Å². The van der Waals surface area contributed by atoms with Crippen molar-refractivity contribution in [2.24, 2.45) is 0 Å². The molecule has 0 aliphatic rings. The van der Waals surface area contributed by atoms with E-state index in [4.69, 9.17) is 9.16 Å². The zero-order chi connectivity index (χ0) is 12.3. The summed E-state index contributed by atoms with van der Waals surface area (Å²) in [6.07, 6.45) is 0. The molecule has 0 aliphatic heterocycles. The van der Waals surface area contributed by atoms with E-state index in [-0.39, 0.29) is 5.78 Å². The van der Waals surface area contributed by atoms with Gasteiger partial charge in [0.2, 0.25) is 8.32 Å². The molecule has 0 aliphatic carbocycles. The van der Waals surface area contributed by atoms with Gasteiger partial charge in [0, 0.05) is 0 Å². The summed E-state index contributed by atoms with van der Waals surface area (Å²) in [7, 11) is -0.163. The predicted molar refractivity (Wildman–Crippen MR) is 67.0 cm³/mol. The number of rotatable bonds is 4. The first-order chi connectivity index (χ1) is 7.35. The highest BCUT2D eigenvalue weighted by Gasteiger charge is 2.21. The Labute approximate surface area is 97.5 Å². The minimum atomic E-state index is -1.72. The molecule has 16 heavy (non-hydrogen) atoms. The van der Waals surface area contributed by atoms with Crippen LogP contribution >= 0.6 is 0 Å². The first-order valence-corrected chi connectivity index (χ1v) is 8.63. The van der Waals surface area contributed by atoms with Crippen molar-refractivity contribution in [3.8, 4) is 11.5 Å². The third kappa shape index (κ3) is 3.10. The van der Waals surface area contributed by atoms with Crippen molar-refractivity contribution in [2.45, 2.75) is 26.6 Å². The molecule has 0 amide bonds. The Bertz CT molecular complexity index is 394. The van der Waals surface area contributed by atoms with Crippen molar-refractivity contribution in [1.29, 1.82) is 0 Å². The number of benzene rings is 1. The SMILES string of the molecule is COc1cccc(O[Si](C)(C)C)c1C(C)=O. The van der Waals surface area contributed by atoms with Gasteiger partial charge in [0.25, 0.3) is 0 Å².